The second-order valence-corrected chi connectivity index (χ2v) is 2.33. The minimum Gasteiger partial charge on any atom is -0.306 e. The van der Waals surface area contributed by atoms with Crippen LogP contribution in [0.3, 0.4) is 0 Å². The maximum Gasteiger partial charge on any atom is 0.335 e. The van der Waals surface area contributed by atoms with Gasteiger partial charge in [0.2, 0.25) is 0 Å². The van der Waals surface area contributed by atoms with Crippen LogP contribution in [0.1, 0.15) is 0 Å². The van der Waals surface area contributed by atoms with Gasteiger partial charge in [0.05, 0.1) is 18.5 Å². The summed E-state index contributed by atoms with van der Waals surface area (Å²) < 4.78 is 18.3. The molecular weight excluding hydrogens is 150 g/mol. The van der Waals surface area contributed by atoms with Crippen LogP contribution in [0.2, 0.25) is 0 Å². The summed E-state index contributed by atoms with van der Waals surface area (Å²) in [5.74, 6) is 0. The first-order chi connectivity index (χ1) is 3.81. The molecule has 0 saturated carbocycles. The van der Waals surface area contributed by atoms with Crippen LogP contribution in [0.15, 0.2) is 12.7 Å². The normalized spacial score (nSPS) is 13.1. The Kier molecular flexibility index (Phi) is 5.44. The van der Waals surface area contributed by atoms with Crippen LogP contribution in [0, 0.1) is 0 Å². The van der Waals surface area contributed by atoms with Gasteiger partial charge in [0.15, 0.2) is 0 Å². The highest BCUT2D eigenvalue weighted by molar-refractivity contribution is 7.34. The SMILES string of the molecule is C=CCO[PH](=O)OCl. The Morgan fingerprint density at radius 2 is 2.50 bits per heavy atom. The van der Waals surface area contributed by atoms with Gasteiger partial charge in [-0.05, 0) is 0 Å². The Balaban J connectivity index is 3.11. The fraction of sp³-hybridized carbons (Fsp3) is 0.333. The van der Waals surface area contributed by atoms with Crippen LogP contribution in [-0.2, 0) is 13.2 Å². The number of hydrogen-bond donors (Lipinski definition) is 0. The maximum atomic E-state index is 10.1. The minimum absolute atomic E-state index is 0.199. The molecule has 3 nitrogen and oxygen atoms in total. The summed E-state index contributed by atoms with van der Waals surface area (Å²) in [6.45, 7) is 3.52. The molecule has 0 aliphatic heterocycles. The molecule has 0 aromatic rings. The summed E-state index contributed by atoms with van der Waals surface area (Å²) >= 11 is 4.66. The zero-order valence-electron chi connectivity index (χ0n) is 4.09. The lowest BCUT2D eigenvalue weighted by molar-refractivity contribution is 0.324. The molecule has 1 atom stereocenters. The maximum absolute atomic E-state index is 10.1. The fourth-order valence-electron chi connectivity index (χ4n) is 0.149. The molecule has 0 saturated heterocycles. The number of hydrogen-bond acceptors (Lipinski definition) is 3. The van der Waals surface area contributed by atoms with Crippen molar-refractivity contribution >= 4 is 20.1 Å². The lowest BCUT2D eigenvalue weighted by Crippen LogP contribution is -1.76. The third-order valence-electron chi connectivity index (χ3n) is 0.382. The van der Waals surface area contributed by atoms with Crippen molar-refractivity contribution in [1.82, 2.24) is 0 Å². The molecule has 8 heavy (non-hydrogen) atoms. The van der Waals surface area contributed by atoms with Gasteiger partial charge < -0.3 is 4.52 Å². The molecular formula is C3H6ClO3P. The smallest absolute Gasteiger partial charge is 0.306 e. The molecule has 1 unspecified atom stereocenters. The summed E-state index contributed by atoms with van der Waals surface area (Å²) in [6, 6.07) is 0. The first-order valence-corrected chi connectivity index (χ1v) is 3.41. The van der Waals surface area contributed by atoms with Crippen LogP contribution in [-0.4, -0.2) is 6.61 Å². The van der Waals surface area contributed by atoms with Crippen molar-refractivity contribution in [2.24, 2.45) is 0 Å². The first-order valence-electron chi connectivity index (χ1n) is 1.87. The Morgan fingerprint density at radius 3 is 2.88 bits per heavy atom. The van der Waals surface area contributed by atoms with E-state index in [0.29, 0.717) is 0 Å². The molecule has 0 rings (SSSR count). The lowest BCUT2D eigenvalue weighted by atomic mass is 10.7. The highest BCUT2D eigenvalue weighted by Crippen LogP contribution is 2.24. The van der Waals surface area contributed by atoms with Crippen LogP contribution < -0.4 is 0 Å². The van der Waals surface area contributed by atoms with Crippen LogP contribution >= 0.6 is 20.1 Å². The third-order valence-corrected chi connectivity index (χ3v) is 1.29. The van der Waals surface area contributed by atoms with Crippen LogP contribution in [0.4, 0.5) is 0 Å². The lowest BCUT2D eigenvalue weighted by Gasteiger charge is -1.92. The van der Waals surface area contributed by atoms with Crippen molar-refractivity contribution in [2.45, 2.75) is 0 Å². The third kappa shape index (κ3) is 4.34. The van der Waals surface area contributed by atoms with E-state index >= 15 is 0 Å². The van der Waals surface area contributed by atoms with Gasteiger partial charge in [-0.25, -0.2) is 0 Å². The Morgan fingerprint density at radius 1 is 1.88 bits per heavy atom. The average molecular weight is 157 g/mol. The Bertz CT molecular complexity index is 94.5. The molecule has 48 valence electrons. The van der Waals surface area contributed by atoms with Crippen molar-refractivity contribution < 1.29 is 13.2 Å². The van der Waals surface area contributed by atoms with Gasteiger partial charge >= 0.3 is 8.25 Å². The van der Waals surface area contributed by atoms with Gasteiger partial charge in [0.25, 0.3) is 0 Å². The van der Waals surface area contributed by atoms with E-state index in [1.54, 1.807) is 0 Å². The minimum atomic E-state index is -2.45. The van der Waals surface area contributed by atoms with E-state index in [1.807, 2.05) is 0 Å². The van der Waals surface area contributed by atoms with Crippen LogP contribution in [0.5, 0.6) is 0 Å². The molecule has 0 radical (unpaired) electrons. The monoisotopic (exact) mass is 156 g/mol. The summed E-state index contributed by atoms with van der Waals surface area (Å²) in [6.07, 6.45) is 1.46. The second-order valence-electron chi connectivity index (χ2n) is 0.927. The van der Waals surface area contributed by atoms with Crippen molar-refractivity contribution in [3.63, 3.8) is 0 Å². The van der Waals surface area contributed by atoms with E-state index in [0.717, 1.165) is 0 Å². The van der Waals surface area contributed by atoms with Gasteiger partial charge in [-0.3, -0.25) is 4.57 Å². The van der Waals surface area contributed by atoms with Crippen molar-refractivity contribution in [3.8, 4) is 0 Å². The molecule has 0 aromatic carbocycles. The topological polar surface area (TPSA) is 35.5 Å². The molecule has 0 fully saturated rings. The molecule has 0 aromatic heterocycles. The van der Waals surface area contributed by atoms with Gasteiger partial charge in [0, 0.05) is 0 Å². The summed E-state index contributed by atoms with van der Waals surface area (Å²) in [7, 11) is -2.45. The molecule has 0 N–H and O–H groups in total. The number of rotatable bonds is 4. The largest absolute Gasteiger partial charge is 0.335 e. The van der Waals surface area contributed by atoms with Crippen molar-refractivity contribution in [2.75, 3.05) is 6.61 Å². The molecule has 0 spiro atoms. The predicted molar refractivity (Wildman–Crippen MR) is 32.1 cm³/mol. The van der Waals surface area contributed by atoms with E-state index in [1.165, 1.54) is 6.08 Å². The highest BCUT2D eigenvalue weighted by atomic mass is 35.5. The average Bonchev–Trinajstić information content (AvgIpc) is 1.83. The van der Waals surface area contributed by atoms with E-state index < -0.39 is 8.25 Å². The number of halogens is 1. The quantitative estimate of drug-likeness (QED) is 0.460. The van der Waals surface area contributed by atoms with Gasteiger partial charge in [-0.2, -0.15) is 4.08 Å². The van der Waals surface area contributed by atoms with E-state index in [2.05, 4.69) is 27.0 Å². The first kappa shape index (κ1) is 8.18. The highest BCUT2D eigenvalue weighted by Gasteiger charge is 1.91. The van der Waals surface area contributed by atoms with Crippen molar-refractivity contribution in [3.05, 3.63) is 12.7 Å². The Labute approximate surface area is 53.4 Å². The predicted octanol–water partition coefficient (Wildman–Crippen LogP) is 1.75. The van der Waals surface area contributed by atoms with E-state index in [9.17, 15) is 4.57 Å². The van der Waals surface area contributed by atoms with Gasteiger partial charge in [-0.15, -0.1) is 6.58 Å². The molecule has 0 aliphatic carbocycles. The Hall–Kier alpha value is 0.180. The molecule has 0 heterocycles. The molecule has 5 heteroatoms. The van der Waals surface area contributed by atoms with Crippen LogP contribution in [0.25, 0.3) is 0 Å². The molecule has 0 bridgehead atoms. The van der Waals surface area contributed by atoms with Crippen molar-refractivity contribution in [1.29, 1.82) is 0 Å². The second kappa shape index (κ2) is 5.32. The van der Waals surface area contributed by atoms with Gasteiger partial charge in [-0.1, -0.05) is 6.08 Å². The summed E-state index contributed by atoms with van der Waals surface area (Å²) in [5.41, 5.74) is 0. The standard InChI is InChI=1S/C3H6ClO3P/c1-2-3-6-8(5)7-4/h2,8H,1,3H2. The zero-order valence-corrected chi connectivity index (χ0v) is 5.85. The molecule has 0 amide bonds. The zero-order chi connectivity index (χ0) is 6.41. The van der Waals surface area contributed by atoms with Gasteiger partial charge in [0.1, 0.15) is 0 Å². The molecule has 0 aliphatic rings. The van der Waals surface area contributed by atoms with E-state index in [4.69, 9.17) is 0 Å². The summed E-state index contributed by atoms with van der Waals surface area (Å²) in [4.78, 5) is 0. The fourth-order valence-corrected chi connectivity index (χ4v) is 0.581. The summed E-state index contributed by atoms with van der Waals surface area (Å²) in [5, 5.41) is 0. The van der Waals surface area contributed by atoms with E-state index in [-0.39, 0.29) is 6.61 Å².